The third kappa shape index (κ3) is 6.51. The second-order valence-electron chi connectivity index (χ2n) is 5.55. The van der Waals surface area contributed by atoms with Crippen LogP contribution >= 0.6 is 24.0 Å². The predicted molar refractivity (Wildman–Crippen MR) is 102 cm³/mol. The topological polar surface area (TPSA) is 57.5 Å². The summed E-state index contributed by atoms with van der Waals surface area (Å²) in [7, 11) is 1.83. The Morgan fingerprint density at radius 3 is 2.91 bits per heavy atom. The van der Waals surface area contributed by atoms with Crippen molar-refractivity contribution in [2.45, 2.75) is 26.3 Å². The average Bonchev–Trinajstić information content (AvgIpc) is 3.17. The number of aromatic nitrogens is 2. The number of hydrogen-bond donors (Lipinski definition) is 2. The fraction of sp³-hybridized carbons (Fsp3) is 0.733. The summed E-state index contributed by atoms with van der Waals surface area (Å²) >= 11 is 0. The highest BCUT2D eigenvalue weighted by molar-refractivity contribution is 14.0. The van der Waals surface area contributed by atoms with Crippen LogP contribution in [0.1, 0.15) is 19.8 Å². The van der Waals surface area contributed by atoms with E-state index < -0.39 is 0 Å². The first-order valence-electron chi connectivity index (χ1n) is 7.96. The maximum absolute atomic E-state index is 4.28. The number of nitrogens with one attached hydrogen (secondary N) is 2. The lowest BCUT2D eigenvalue weighted by Gasteiger charge is -2.16. The molecule has 2 rings (SSSR count). The maximum Gasteiger partial charge on any atom is 0.190 e. The van der Waals surface area contributed by atoms with Crippen LogP contribution in [0.3, 0.4) is 0 Å². The normalized spacial score (nSPS) is 19.0. The van der Waals surface area contributed by atoms with E-state index in [9.17, 15) is 0 Å². The van der Waals surface area contributed by atoms with Gasteiger partial charge in [-0.25, -0.2) is 0 Å². The molecule has 22 heavy (non-hydrogen) atoms. The van der Waals surface area contributed by atoms with E-state index in [1.165, 1.54) is 19.5 Å². The molecule has 0 amide bonds. The minimum absolute atomic E-state index is 0. The molecular formula is C15H29IN6. The molecule has 1 aliphatic heterocycles. The Bertz CT molecular complexity index is 420. The van der Waals surface area contributed by atoms with Crippen molar-refractivity contribution in [3.05, 3.63) is 18.5 Å². The molecule has 1 aromatic heterocycles. The van der Waals surface area contributed by atoms with Crippen LogP contribution in [0.15, 0.2) is 23.5 Å². The first-order valence-corrected chi connectivity index (χ1v) is 7.96. The fourth-order valence-corrected chi connectivity index (χ4v) is 2.71. The number of guanidine groups is 1. The molecule has 1 aliphatic rings. The minimum atomic E-state index is 0. The van der Waals surface area contributed by atoms with Gasteiger partial charge in [-0.1, -0.05) is 6.92 Å². The van der Waals surface area contributed by atoms with Crippen molar-refractivity contribution in [2.75, 3.05) is 39.8 Å². The molecule has 0 saturated carbocycles. The average molecular weight is 420 g/mol. The van der Waals surface area contributed by atoms with Gasteiger partial charge in [0.1, 0.15) is 0 Å². The number of halogens is 1. The quantitative estimate of drug-likeness (QED) is 0.303. The van der Waals surface area contributed by atoms with Gasteiger partial charge in [0.2, 0.25) is 0 Å². The van der Waals surface area contributed by atoms with E-state index in [4.69, 9.17) is 0 Å². The monoisotopic (exact) mass is 420 g/mol. The maximum atomic E-state index is 4.28. The van der Waals surface area contributed by atoms with Gasteiger partial charge in [-0.05, 0) is 37.9 Å². The Balaban J connectivity index is 0.00000242. The Morgan fingerprint density at radius 2 is 2.27 bits per heavy atom. The van der Waals surface area contributed by atoms with Crippen molar-refractivity contribution in [3.63, 3.8) is 0 Å². The second-order valence-corrected chi connectivity index (χ2v) is 5.55. The van der Waals surface area contributed by atoms with Crippen molar-refractivity contribution in [1.82, 2.24) is 25.3 Å². The summed E-state index contributed by atoms with van der Waals surface area (Å²) in [4.78, 5) is 6.79. The molecular weight excluding hydrogens is 391 g/mol. The molecule has 2 N–H and O–H groups in total. The summed E-state index contributed by atoms with van der Waals surface area (Å²) in [5.74, 6) is 1.65. The van der Waals surface area contributed by atoms with Gasteiger partial charge >= 0.3 is 0 Å². The van der Waals surface area contributed by atoms with Gasteiger partial charge in [0.15, 0.2) is 5.96 Å². The molecule has 1 aromatic rings. The number of nitrogens with zero attached hydrogens (tertiary/aromatic N) is 4. The zero-order chi connectivity index (χ0) is 14.9. The van der Waals surface area contributed by atoms with E-state index in [0.717, 1.165) is 44.5 Å². The smallest absolute Gasteiger partial charge is 0.190 e. The number of likely N-dealkylation sites (tertiary alicyclic amines) is 1. The first kappa shape index (κ1) is 19.2. The molecule has 2 heterocycles. The zero-order valence-corrected chi connectivity index (χ0v) is 16.0. The van der Waals surface area contributed by atoms with E-state index in [-0.39, 0.29) is 24.0 Å². The van der Waals surface area contributed by atoms with Crippen LogP contribution in [0.5, 0.6) is 0 Å². The number of aryl methyl sites for hydroxylation is 1. The third-order valence-electron chi connectivity index (χ3n) is 4.01. The van der Waals surface area contributed by atoms with Crippen molar-refractivity contribution in [3.8, 4) is 0 Å². The molecule has 0 spiro atoms. The molecule has 6 nitrogen and oxygen atoms in total. The molecule has 1 fully saturated rings. The number of aliphatic imine (C=N–C) groups is 1. The highest BCUT2D eigenvalue weighted by Gasteiger charge is 2.20. The Morgan fingerprint density at radius 1 is 1.41 bits per heavy atom. The molecule has 0 radical (unpaired) electrons. The summed E-state index contributed by atoms with van der Waals surface area (Å²) in [6.07, 6.45) is 6.13. The third-order valence-corrected chi connectivity index (χ3v) is 4.01. The standard InChI is InChI=1S/C15H28N6.HI/c1-3-20-11-6-14(13-20)12-18-15(16-2)17-7-4-9-21-10-5-8-19-21;/h5,8,10,14H,3-4,6-7,9,11-13H2,1-2H3,(H2,16,17,18);1H. The summed E-state index contributed by atoms with van der Waals surface area (Å²) in [5.41, 5.74) is 0. The molecule has 1 saturated heterocycles. The van der Waals surface area contributed by atoms with Gasteiger partial charge in [-0.15, -0.1) is 24.0 Å². The van der Waals surface area contributed by atoms with Crippen LogP contribution in [0.2, 0.25) is 0 Å². The van der Waals surface area contributed by atoms with Crippen molar-refractivity contribution >= 4 is 29.9 Å². The van der Waals surface area contributed by atoms with Gasteiger partial charge in [0, 0.05) is 45.6 Å². The van der Waals surface area contributed by atoms with Gasteiger partial charge in [0.05, 0.1) is 0 Å². The summed E-state index contributed by atoms with van der Waals surface area (Å²) in [6.45, 7) is 8.69. The zero-order valence-electron chi connectivity index (χ0n) is 13.7. The molecule has 1 unspecified atom stereocenters. The highest BCUT2D eigenvalue weighted by Crippen LogP contribution is 2.14. The Kier molecular flexibility index (Phi) is 9.45. The van der Waals surface area contributed by atoms with Crippen molar-refractivity contribution in [1.29, 1.82) is 0 Å². The summed E-state index contributed by atoms with van der Waals surface area (Å²) in [6, 6.07) is 1.95. The van der Waals surface area contributed by atoms with Crippen LogP contribution in [-0.2, 0) is 6.54 Å². The highest BCUT2D eigenvalue weighted by atomic mass is 127. The molecule has 0 aromatic carbocycles. The summed E-state index contributed by atoms with van der Waals surface area (Å²) < 4.78 is 1.95. The van der Waals surface area contributed by atoms with Crippen molar-refractivity contribution in [2.24, 2.45) is 10.9 Å². The minimum Gasteiger partial charge on any atom is -0.356 e. The summed E-state index contributed by atoms with van der Waals surface area (Å²) in [5, 5.41) is 11.0. The molecule has 7 heteroatoms. The van der Waals surface area contributed by atoms with Crippen LogP contribution in [0, 0.1) is 5.92 Å². The van der Waals surface area contributed by atoms with Crippen molar-refractivity contribution < 1.29 is 0 Å². The fourth-order valence-electron chi connectivity index (χ4n) is 2.71. The number of rotatable bonds is 7. The van der Waals surface area contributed by atoms with E-state index in [2.05, 4.69) is 32.5 Å². The lowest BCUT2D eigenvalue weighted by atomic mass is 10.1. The van der Waals surface area contributed by atoms with E-state index in [1.807, 2.05) is 30.2 Å². The number of hydrogen-bond acceptors (Lipinski definition) is 3. The van der Waals surface area contributed by atoms with E-state index in [1.54, 1.807) is 0 Å². The van der Waals surface area contributed by atoms with Gasteiger partial charge in [-0.3, -0.25) is 9.67 Å². The lowest BCUT2D eigenvalue weighted by Crippen LogP contribution is -2.40. The van der Waals surface area contributed by atoms with Crippen LogP contribution in [0.4, 0.5) is 0 Å². The SMILES string of the molecule is CCN1CCC(CNC(=NC)NCCCn2cccn2)C1.I. The predicted octanol–water partition coefficient (Wildman–Crippen LogP) is 1.40. The first-order chi connectivity index (χ1) is 10.3. The van der Waals surface area contributed by atoms with Crippen LogP contribution in [0.25, 0.3) is 0 Å². The largest absolute Gasteiger partial charge is 0.356 e. The van der Waals surface area contributed by atoms with Gasteiger partial charge in [0.25, 0.3) is 0 Å². The van der Waals surface area contributed by atoms with Gasteiger partial charge in [-0.2, -0.15) is 5.10 Å². The molecule has 0 aliphatic carbocycles. The van der Waals surface area contributed by atoms with E-state index in [0.29, 0.717) is 0 Å². The van der Waals surface area contributed by atoms with Crippen LogP contribution < -0.4 is 10.6 Å². The molecule has 1 atom stereocenters. The second kappa shape index (κ2) is 10.8. The Labute approximate surface area is 150 Å². The van der Waals surface area contributed by atoms with Gasteiger partial charge < -0.3 is 15.5 Å². The van der Waals surface area contributed by atoms with Crippen LogP contribution in [-0.4, -0.2) is 60.4 Å². The van der Waals surface area contributed by atoms with E-state index >= 15 is 0 Å². The molecule has 0 bridgehead atoms. The lowest BCUT2D eigenvalue weighted by molar-refractivity contribution is 0.342. The Hall–Kier alpha value is -0.830. The molecule has 126 valence electrons.